The third kappa shape index (κ3) is 3.09. The molecule has 0 radical (unpaired) electrons. The minimum atomic E-state index is -0.119. The molecule has 2 aromatic carbocycles. The van der Waals surface area contributed by atoms with Gasteiger partial charge in [-0.2, -0.15) is 0 Å². The molecular weight excluding hydrogens is 336 g/mol. The summed E-state index contributed by atoms with van der Waals surface area (Å²) in [6.07, 6.45) is 3.88. The smallest absolute Gasteiger partial charge is 0.281 e. The van der Waals surface area contributed by atoms with Crippen LogP contribution in [0.15, 0.2) is 53.1 Å². The summed E-state index contributed by atoms with van der Waals surface area (Å²) in [5.74, 6) is -0.119. The van der Waals surface area contributed by atoms with E-state index in [0.717, 1.165) is 22.4 Å². The van der Waals surface area contributed by atoms with E-state index in [1.807, 2.05) is 68.6 Å². The predicted molar refractivity (Wildman–Crippen MR) is 105 cm³/mol. The molecule has 1 aliphatic rings. The number of thioether (sulfide) groups is 1. The second-order valence-corrected chi connectivity index (χ2v) is 6.91. The fourth-order valence-electron chi connectivity index (χ4n) is 2.76. The van der Waals surface area contributed by atoms with Crippen LogP contribution in [0.4, 0.5) is 5.69 Å². The van der Waals surface area contributed by atoms with Crippen LogP contribution in [0, 0.1) is 13.8 Å². The van der Waals surface area contributed by atoms with Crippen LogP contribution in [0.5, 0.6) is 0 Å². The topological polar surface area (TPSA) is 32.3 Å². The van der Waals surface area contributed by atoms with Crippen molar-refractivity contribution in [1.29, 1.82) is 0 Å². The molecule has 3 nitrogen and oxygen atoms in total. The number of anilines is 1. The van der Waals surface area contributed by atoms with E-state index in [0.29, 0.717) is 10.8 Å². The van der Waals surface area contributed by atoms with Gasteiger partial charge in [0.1, 0.15) is 5.70 Å². The van der Waals surface area contributed by atoms with Crippen molar-refractivity contribution in [3.63, 3.8) is 0 Å². The van der Waals surface area contributed by atoms with Gasteiger partial charge in [0.2, 0.25) is 0 Å². The van der Waals surface area contributed by atoms with E-state index in [-0.39, 0.29) is 5.91 Å². The number of benzene rings is 2. The predicted octanol–water partition coefficient (Wildman–Crippen LogP) is 4.29. The average molecular weight is 355 g/mol. The molecule has 0 aliphatic carbocycles. The van der Waals surface area contributed by atoms with Crippen molar-refractivity contribution >= 4 is 46.8 Å². The highest BCUT2D eigenvalue weighted by atomic mass is 32.2. The van der Waals surface area contributed by atoms with Gasteiger partial charge in [0, 0.05) is 4.90 Å². The van der Waals surface area contributed by atoms with Crippen molar-refractivity contribution < 1.29 is 4.79 Å². The average Bonchev–Trinajstić information content (AvgIpc) is 2.83. The van der Waals surface area contributed by atoms with Crippen molar-refractivity contribution in [2.24, 2.45) is 0 Å². The number of nitrogens with one attached hydrogen (secondary N) is 1. The molecule has 0 atom stereocenters. The van der Waals surface area contributed by atoms with Crippen molar-refractivity contribution in [3.8, 4) is 0 Å². The molecule has 1 fully saturated rings. The number of carbonyl (C=O) groups is 1. The first-order valence-electron chi connectivity index (χ1n) is 7.58. The minimum absolute atomic E-state index is 0.119. The summed E-state index contributed by atoms with van der Waals surface area (Å²) in [6, 6.07) is 14.0. The third-order valence-electron chi connectivity index (χ3n) is 3.97. The summed E-state index contributed by atoms with van der Waals surface area (Å²) in [6.45, 7) is 3.97. The molecule has 1 heterocycles. The first-order valence-corrected chi connectivity index (χ1v) is 9.22. The van der Waals surface area contributed by atoms with Gasteiger partial charge in [0.15, 0.2) is 5.11 Å². The van der Waals surface area contributed by atoms with Crippen LogP contribution in [0.25, 0.3) is 6.08 Å². The van der Waals surface area contributed by atoms with Crippen molar-refractivity contribution in [3.05, 3.63) is 64.9 Å². The molecule has 3 rings (SSSR count). The van der Waals surface area contributed by atoms with E-state index >= 15 is 0 Å². The van der Waals surface area contributed by atoms with Crippen LogP contribution in [-0.4, -0.2) is 17.3 Å². The number of nitrogens with zero attached hydrogens (tertiary/aromatic N) is 1. The van der Waals surface area contributed by atoms with E-state index < -0.39 is 0 Å². The van der Waals surface area contributed by atoms with Gasteiger partial charge >= 0.3 is 0 Å². The van der Waals surface area contributed by atoms with Crippen LogP contribution in [0.1, 0.15) is 16.7 Å². The van der Waals surface area contributed by atoms with Gasteiger partial charge in [-0.25, -0.2) is 0 Å². The molecule has 1 N–H and O–H groups in total. The second kappa shape index (κ2) is 6.79. The summed E-state index contributed by atoms with van der Waals surface area (Å²) in [5.41, 5.74) is 4.38. The Kier molecular flexibility index (Phi) is 4.73. The van der Waals surface area contributed by atoms with E-state index in [4.69, 9.17) is 12.2 Å². The van der Waals surface area contributed by atoms with Crippen LogP contribution >= 0.6 is 24.0 Å². The molecule has 0 saturated carbocycles. The van der Waals surface area contributed by atoms with Gasteiger partial charge in [0.25, 0.3) is 5.91 Å². The minimum Gasteiger partial charge on any atom is -0.327 e. The number of hydrogen-bond acceptors (Lipinski definition) is 3. The lowest BCUT2D eigenvalue weighted by molar-refractivity contribution is -0.113. The van der Waals surface area contributed by atoms with Gasteiger partial charge in [-0.3, -0.25) is 9.69 Å². The molecule has 0 bridgehead atoms. The molecule has 0 unspecified atom stereocenters. The lowest BCUT2D eigenvalue weighted by atomic mass is 10.1. The Morgan fingerprint density at radius 1 is 1.08 bits per heavy atom. The standard InChI is InChI=1S/C19H18N2OS2/c1-12-5-4-6-13(2)17(12)21-18(22)16(20-19(21)23)11-14-7-9-15(24-3)10-8-14/h4-11H,1-3H3,(H,20,23)/b16-11-. The molecule has 1 saturated heterocycles. The summed E-state index contributed by atoms with van der Waals surface area (Å²) < 4.78 is 0. The van der Waals surface area contributed by atoms with Gasteiger partial charge in [-0.05, 0) is 67.2 Å². The highest BCUT2D eigenvalue weighted by Crippen LogP contribution is 2.29. The van der Waals surface area contributed by atoms with Crippen LogP contribution in [0.3, 0.4) is 0 Å². The Morgan fingerprint density at radius 2 is 1.71 bits per heavy atom. The van der Waals surface area contributed by atoms with Gasteiger partial charge in [-0.1, -0.05) is 30.3 Å². The number of rotatable bonds is 3. The fraction of sp³-hybridized carbons (Fsp3) is 0.158. The fourth-order valence-corrected chi connectivity index (χ4v) is 3.46. The maximum Gasteiger partial charge on any atom is 0.281 e. The summed E-state index contributed by atoms with van der Waals surface area (Å²) in [5, 5.41) is 3.47. The molecule has 122 valence electrons. The Morgan fingerprint density at radius 3 is 2.29 bits per heavy atom. The molecule has 0 aromatic heterocycles. The maximum absolute atomic E-state index is 12.9. The molecule has 24 heavy (non-hydrogen) atoms. The summed E-state index contributed by atoms with van der Waals surface area (Å²) >= 11 is 7.09. The Bertz CT molecular complexity index is 821. The van der Waals surface area contributed by atoms with Crippen molar-refractivity contribution in [2.75, 3.05) is 11.2 Å². The molecule has 0 spiro atoms. The lowest BCUT2D eigenvalue weighted by Crippen LogP contribution is -2.31. The number of amides is 1. The summed E-state index contributed by atoms with van der Waals surface area (Å²) in [7, 11) is 0. The van der Waals surface area contributed by atoms with Crippen molar-refractivity contribution in [2.45, 2.75) is 18.7 Å². The monoisotopic (exact) mass is 354 g/mol. The van der Waals surface area contributed by atoms with Crippen LogP contribution < -0.4 is 10.2 Å². The molecule has 2 aromatic rings. The Hall–Kier alpha value is -2.11. The molecule has 5 heteroatoms. The van der Waals surface area contributed by atoms with E-state index in [9.17, 15) is 4.79 Å². The SMILES string of the molecule is CSc1ccc(/C=C2\NC(=S)N(c3c(C)cccc3C)C2=O)cc1. The number of hydrogen-bond donors (Lipinski definition) is 1. The second-order valence-electron chi connectivity index (χ2n) is 5.64. The largest absolute Gasteiger partial charge is 0.327 e. The first-order chi connectivity index (χ1) is 11.5. The number of thiocarbonyl (C=S) groups is 1. The van der Waals surface area contributed by atoms with E-state index in [1.54, 1.807) is 16.7 Å². The van der Waals surface area contributed by atoms with Crippen LogP contribution in [-0.2, 0) is 4.79 Å². The Balaban J connectivity index is 1.95. The summed E-state index contributed by atoms with van der Waals surface area (Å²) in [4.78, 5) is 15.6. The van der Waals surface area contributed by atoms with Gasteiger partial charge < -0.3 is 5.32 Å². The highest BCUT2D eigenvalue weighted by molar-refractivity contribution is 7.98. The quantitative estimate of drug-likeness (QED) is 0.506. The maximum atomic E-state index is 12.9. The Labute approximate surface area is 151 Å². The number of aryl methyl sites for hydroxylation is 2. The normalized spacial score (nSPS) is 16.0. The number of para-hydroxylation sites is 1. The first kappa shape index (κ1) is 16.7. The molecular formula is C19H18N2OS2. The zero-order valence-corrected chi connectivity index (χ0v) is 15.4. The molecule has 1 amide bonds. The van der Waals surface area contributed by atoms with Crippen LogP contribution in [0.2, 0.25) is 0 Å². The van der Waals surface area contributed by atoms with Gasteiger partial charge in [-0.15, -0.1) is 11.8 Å². The zero-order chi connectivity index (χ0) is 17.3. The number of carbonyl (C=O) groups excluding carboxylic acids is 1. The van der Waals surface area contributed by atoms with E-state index in [2.05, 4.69) is 5.32 Å². The van der Waals surface area contributed by atoms with E-state index in [1.165, 1.54) is 4.90 Å². The zero-order valence-electron chi connectivity index (χ0n) is 13.8. The van der Waals surface area contributed by atoms with Crippen molar-refractivity contribution in [1.82, 2.24) is 5.32 Å². The highest BCUT2D eigenvalue weighted by Gasteiger charge is 2.33. The molecule has 1 aliphatic heterocycles. The van der Waals surface area contributed by atoms with Gasteiger partial charge in [0.05, 0.1) is 5.69 Å². The lowest BCUT2D eigenvalue weighted by Gasteiger charge is -2.19. The third-order valence-corrected chi connectivity index (χ3v) is 5.00.